The van der Waals surface area contributed by atoms with E-state index < -0.39 is 16.2 Å². The zero-order chi connectivity index (χ0) is 14.8. The van der Waals surface area contributed by atoms with Crippen molar-refractivity contribution in [1.29, 1.82) is 0 Å². The average Bonchev–Trinajstić information content (AvgIpc) is 2.39. The van der Waals surface area contributed by atoms with Crippen LogP contribution in [0.4, 0.5) is 5.69 Å². The Balaban J connectivity index is 2.06. The first-order chi connectivity index (χ1) is 9.38. The zero-order valence-corrected chi connectivity index (χ0v) is 11.9. The fourth-order valence-corrected chi connectivity index (χ4v) is 3.26. The van der Waals surface area contributed by atoms with Gasteiger partial charge in [0.1, 0.15) is 5.69 Å². The summed E-state index contributed by atoms with van der Waals surface area (Å²) in [5.74, 6) is -0.609. The molecule has 0 atom stereocenters. The molecule has 1 fully saturated rings. The molecular formula is C12H17N3O4S. The molecule has 2 heterocycles. The fraction of sp³-hybridized carbons (Fsp3) is 0.500. The molecule has 2 N–H and O–H groups in total. The van der Waals surface area contributed by atoms with Crippen LogP contribution in [-0.2, 0) is 10.2 Å². The third kappa shape index (κ3) is 3.45. The second kappa shape index (κ2) is 5.76. The predicted octanol–water partition coefficient (Wildman–Crippen LogP) is 1.17. The molecule has 7 nitrogen and oxygen atoms in total. The summed E-state index contributed by atoms with van der Waals surface area (Å²) in [5, 5.41) is 8.73. The first-order valence-electron chi connectivity index (χ1n) is 6.36. The Hall–Kier alpha value is -1.67. The summed E-state index contributed by atoms with van der Waals surface area (Å²) < 4.78 is 28.1. The minimum Gasteiger partial charge on any atom is -0.477 e. The summed E-state index contributed by atoms with van der Waals surface area (Å²) in [4.78, 5) is 14.3. The van der Waals surface area contributed by atoms with Gasteiger partial charge in [-0.2, -0.15) is 12.7 Å². The summed E-state index contributed by atoms with van der Waals surface area (Å²) >= 11 is 0. The van der Waals surface area contributed by atoms with Crippen LogP contribution in [-0.4, -0.2) is 41.9 Å². The van der Waals surface area contributed by atoms with Crippen LogP contribution in [0.15, 0.2) is 18.3 Å². The Morgan fingerprint density at radius 2 is 2.05 bits per heavy atom. The van der Waals surface area contributed by atoms with Gasteiger partial charge in [-0.05, 0) is 30.9 Å². The predicted molar refractivity (Wildman–Crippen MR) is 73.7 cm³/mol. The highest BCUT2D eigenvalue weighted by atomic mass is 32.2. The van der Waals surface area contributed by atoms with Gasteiger partial charge in [-0.3, -0.25) is 4.72 Å². The molecule has 1 aliphatic rings. The average molecular weight is 299 g/mol. The number of anilines is 1. The number of carbonyl (C=O) groups is 1. The maximum atomic E-state index is 12.2. The summed E-state index contributed by atoms with van der Waals surface area (Å²) in [6.07, 6.45) is 2.89. The molecule has 0 saturated carbocycles. The highest BCUT2D eigenvalue weighted by Crippen LogP contribution is 2.20. The molecule has 0 bridgehead atoms. The van der Waals surface area contributed by atoms with Crippen molar-refractivity contribution in [3.05, 3.63) is 24.0 Å². The first kappa shape index (κ1) is 14.7. The second-order valence-corrected chi connectivity index (χ2v) is 6.60. The molecule has 1 aliphatic heterocycles. The zero-order valence-electron chi connectivity index (χ0n) is 11.1. The van der Waals surface area contributed by atoms with Gasteiger partial charge in [0.2, 0.25) is 0 Å². The number of piperidine rings is 1. The van der Waals surface area contributed by atoms with Gasteiger partial charge < -0.3 is 5.11 Å². The quantitative estimate of drug-likeness (QED) is 0.869. The van der Waals surface area contributed by atoms with E-state index in [1.54, 1.807) is 0 Å². The van der Waals surface area contributed by atoms with Crippen molar-refractivity contribution in [1.82, 2.24) is 9.29 Å². The van der Waals surface area contributed by atoms with Crippen molar-refractivity contribution in [2.75, 3.05) is 17.8 Å². The molecule has 20 heavy (non-hydrogen) atoms. The van der Waals surface area contributed by atoms with E-state index in [9.17, 15) is 13.2 Å². The van der Waals surface area contributed by atoms with Crippen LogP contribution in [0.3, 0.4) is 0 Å². The van der Waals surface area contributed by atoms with Gasteiger partial charge in [0, 0.05) is 13.1 Å². The van der Waals surface area contributed by atoms with Crippen molar-refractivity contribution in [3.8, 4) is 0 Å². The standard InChI is InChI=1S/C12H17N3O4S/c1-9-4-6-15(7-5-9)20(18,19)14-10-2-3-11(12(16)17)13-8-10/h2-3,8-9,14H,4-7H2,1H3,(H,16,17). The second-order valence-electron chi connectivity index (χ2n) is 4.93. The first-order valence-corrected chi connectivity index (χ1v) is 7.80. The highest BCUT2D eigenvalue weighted by Gasteiger charge is 2.26. The van der Waals surface area contributed by atoms with E-state index in [2.05, 4.69) is 16.6 Å². The van der Waals surface area contributed by atoms with Crippen LogP contribution in [0, 0.1) is 5.92 Å². The minimum atomic E-state index is -3.60. The molecule has 0 aromatic carbocycles. The monoisotopic (exact) mass is 299 g/mol. The number of hydrogen-bond donors (Lipinski definition) is 2. The Bertz CT molecular complexity index is 577. The van der Waals surface area contributed by atoms with Gasteiger partial charge >= 0.3 is 16.2 Å². The number of rotatable bonds is 4. The lowest BCUT2D eigenvalue weighted by molar-refractivity contribution is 0.0690. The van der Waals surface area contributed by atoms with Crippen molar-refractivity contribution >= 4 is 21.9 Å². The molecule has 0 unspecified atom stereocenters. The topological polar surface area (TPSA) is 99.6 Å². The number of pyridine rings is 1. The number of hydrogen-bond acceptors (Lipinski definition) is 4. The summed E-state index contributed by atoms with van der Waals surface area (Å²) in [6, 6.07) is 2.65. The Kier molecular flexibility index (Phi) is 4.24. The van der Waals surface area contributed by atoms with E-state index in [0.717, 1.165) is 12.8 Å². The minimum absolute atomic E-state index is 0.125. The van der Waals surface area contributed by atoms with Crippen molar-refractivity contribution in [2.45, 2.75) is 19.8 Å². The molecule has 0 amide bonds. The number of carboxylic acid groups (broad SMARTS) is 1. The Morgan fingerprint density at radius 1 is 1.40 bits per heavy atom. The van der Waals surface area contributed by atoms with Gasteiger partial charge in [0.25, 0.3) is 0 Å². The van der Waals surface area contributed by atoms with E-state index in [-0.39, 0.29) is 11.4 Å². The summed E-state index contributed by atoms with van der Waals surface area (Å²) in [7, 11) is -3.60. The van der Waals surface area contributed by atoms with E-state index in [0.29, 0.717) is 19.0 Å². The van der Waals surface area contributed by atoms with Gasteiger partial charge in [0.05, 0.1) is 11.9 Å². The largest absolute Gasteiger partial charge is 0.477 e. The number of aromatic nitrogens is 1. The summed E-state index contributed by atoms with van der Waals surface area (Å²) in [5.41, 5.74) is 0.133. The third-order valence-corrected chi connectivity index (χ3v) is 4.85. The van der Waals surface area contributed by atoms with Crippen LogP contribution in [0.2, 0.25) is 0 Å². The molecule has 0 radical (unpaired) electrons. The van der Waals surface area contributed by atoms with Crippen LogP contribution in [0.25, 0.3) is 0 Å². The number of nitrogens with zero attached hydrogens (tertiary/aromatic N) is 2. The van der Waals surface area contributed by atoms with E-state index in [1.807, 2.05) is 0 Å². The third-order valence-electron chi connectivity index (χ3n) is 3.31. The molecule has 1 saturated heterocycles. The fourth-order valence-electron chi connectivity index (χ4n) is 2.02. The van der Waals surface area contributed by atoms with Crippen molar-refractivity contribution in [3.63, 3.8) is 0 Å². The number of carboxylic acids is 1. The highest BCUT2D eigenvalue weighted by molar-refractivity contribution is 7.90. The molecule has 1 aromatic heterocycles. The normalized spacial score (nSPS) is 17.9. The molecule has 8 heteroatoms. The summed E-state index contributed by atoms with van der Waals surface area (Å²) in [6.45, 7) is 3.10. The van der Waals surface area contributed by atoms with Gasteiger partial charge in [-0.1, -0.05) is 6.92 Å². The lowest BCUT2D eigenvalue weighted by Crippen LogP contribution is -2.41. The SMILES string of the molecule is CC1CCN(S(=O)(=O)Nc2ccc(C(=O)O)nc2)CC1. The van der Waals surface area contributed by atoms with Crippen LogP contribution in [0.5, 0.6) is 0 Å². The van der Waals surface area contributed by atoms with E-state index in [4.69, 9.17) is 5.11 Å². The van der Waals surface area contributed by atoms with Gasteiger partial charge in [0.15, 0.2) is 0 Å². The molecule has 0 aliphatic carbocycles. The molecule has 1 aromatic rings. The lowest BCUT2D eigenvalue weighted by Gasteiger charge is -2.29. The van der Waals surface area contributed by atoms with Crippen LogP contribution >= 0.6 is 0 Å². The smallest absolute Gasteiger partial charge is 0.354 e. The number of nitrogens with one attached hydrogen (secondary N) is 1. The van der Waals surface area contributed by atoms with Gasteiger partial charge in [-0.15, -0.1) is 0 Å². The Morgan fingerprint density at radius 3 is 2.55 bits per heavy atom. The molecule has 0 spiro atoms. The maximum Gasteiger partial charge on any atom is 0.354 e. The van der Waals surface area contributed by atoms with E-state index in [1.165, 1.54) is 22.6 Å². The maximum absolute atomic E-state index is 12.2. The van der Waals surface area contributed by atoms with Crippen molar-refractivity contribution < 1.29 is 18.3 Å². The van der Waals surface area contributed by atoms with Crippen molar-refractivity contribution in [2.24, 2.45) is 5.92 Å². The molecule has 2 rings (SSSR count). The lowest BCUT2D eigenvalue weighted by atomic mass is 10.0. The molecule has 110 valence electrons. The number of aromatic carboxylic acids is 1. The Labute approximate surface area is 117 Å². The van der Waals surface area contributed by atoms with E-state index >= 15 is 0 Å². The van der Waals surface area contributed by atoms with Gasteiger partial charge in [-0.25, -0.2) is 9.78 Å². The van der Waals surface area contributed by atoms with Crippen LogP contribution < -0.4 is 4.72 Å². The molecular weight excluding hydrogens is 282 g/mol. The van der Waals surface area contributed by atoms with Crippen LogP contribution in [0.1, 0.15) is 30.3 Å².